The molecule has 1 fully saturated rings. The summed E-state index contributed by atoms with van der Waals surface area (Å²) < 4.78 is 16.0. The lowest BCUT2D eigenvalue weighted by Gasteiger charge is -2.32. The number of ether oxygens (including phenoxy) is 3. The third-order valence-corrected chi connectivity index (χ3v) is 4.42. The van der Waals surface area contributed by atoms with E-state index in [0.717, 1.165) is 11.3 Å². The smallest absolute Gasteiger partial charge is 0.410 e. The van der Waals surface area contributed by atoms with Crippen LogP contribution in [-0.2, 0) is 16.1 Å². The number of carbonyl (C=O) groups is 2. The molecule has 0 radical (unpaired) electrons. The van der Waals surface area contributed by atoms with Crippen molar-refractivity contribution in [3.63, 3.8) is 0 Å². The molecule has 1 aromatic carbocycles. The molecule has 26 heavy (non-hydrogen) atoms. The highest BCUT2D eigenvalue weighted by atomic mass is 16.7. The topological polar surface area (TPSA) is 77.1 Å². The number of piperidine rings is 1. The molecule has 0 aliphatic carbocycles. The highest BCUT2D eigenvalue weighted by Gasteiger charge is 2.29. The summed E-state index contributed by atoms with van der Waals surface area (Å²) in [5.74, 6) is 1.38. The van der Waals surface area contributed by atoms with Crippen LogP contribution in [0.4, 0.5) is 4.79 Å². The molecule has 2 aliphatic heterocycles. The van der Waals surface area contributed by atoms with Crippen molar-refractivity contribution in [3.05, 3.63) is 23.8 Å². The highest BCUT2D eigenvalue weighted by molar-refractivity contribution is 5.79. The number of likely N-dealkylation sites (tertiary alicyclic amines) is 1. The van der Waals surface area contributed by atoms with E-state index in [2.05, 4.69) is 5.32 Å². The molecule has 1 N–H and O–H groups in total. The summed E-state index contributed by atoms with van der Waals surface area (Å²) >= 11 is 0. The molecule has 0 atom stereocenters. The molecule has 2 heterocycles. The first-order valence-corrected chi connectivity index (χ1v) is 8.96. The molecule has 1 aromatic rings. The molecular formula is C19H26N2O5. The van der Waals surface area contributed by atoms with Crippen LogP contribution in [0.2, 0.25) is 0 Å². The number of nitrogens with zero attached hydrogens (tertiary/aromatic N) is 1. The lowest BCUT2D eigenvalue weighted by Crippen LogP contribution is -2.44. The number of hydrogen-bond donors (Lipinski definition) is 1. The van der Waals surface area contributed by atoms with Gasteiger partial charge in [-0.25, -0.2) is 4.79 Å². The Kier molecular flexibility index (Phi) is 5.25. The van der Waals surface area contributed by atoms with Crippen LogP contribution < -0.4 is 14.8 Å². The molecule has 0 unspecified atom stereocenters. The molecule has 3 rings (SSSR count). The van der Waals surface area contributed by atoms with Gasteiger partial charge in [0, 0.05) is 25.6 Å². The van der Waals surface area contributed by atoms with E-state index >= 15 is 0 Å². The molecule has 0 saturated carbocycles. The van der Waals surface area contributed by atoms with Crippen molar-refractivity contribution in [3.8, 4) is 11.5 Å². The maximum Gasteiger partial charge on any atom is 0.410 e. The van der Waals surface area contributed by atoms with Crippen LogP contribution in [0, 0.1) is 5.92 Å². The summed E-state index contributed by atoms with van der Waals surface area (Å²) in [5, 5.41) is 2.97. The van der Waals surface area contributed by atoms with Crippen molar-refractivity contribution >= 4 is 12.0 Å². The molecule has 142 valence electrons. The molecule has 0 aromatic heterocycles. The van der Waals surface area contributed by atoms with Gasteiger partial charge in [-0.1, -0.05) is 6.07 Å². The fourth-order valence-electron chi connectivity index (χ4n) is 3.04. The minimum Gasteiger partial charge on any atom is -0.454 e. The standard InChI is InChI=1S/C19H26N2O5/c1-19(2,3)26-18(23)21-8-6-14(7-9-21)17(22)20-11-13-4-5-15-16(10-13)25-12-24-15/h4-5,10,14H,6-9,11-12H2,1-3H3,(H,20,22). The zero-order valence-electron chi connectivity index (χ0n) is 15.5. The molecule has 2 aliphatic rings. The molecule has 1 saturated heterocycles. The number of benzene rings is 1. The van der Waals surface area contributed by atoms with Gasteiger partial charge in [-0.05, 0) is 51.3 Å². The van der Waals surface area contributed by atoms with E-state index in [4.69, 9.17) is 14.2 Å². The molecule has 7 nitrogen and oxygen atoms in total. The Morgan fingerprint density at radius 1 is 1.19 bits per heavy atom. The lowest BCUT2D eigenvalue weighted by atomic mass is 9.96. The van der Waals surface area contributed by atoms with Crippen molar-refractivity contribution in [2.75, 3.05) is 19.9 Å². The minimum absolute atomic E-state index is 0.0199. The van der Waals surface area contributed by atoms with Gasteiger partial charge in [0.25, 0.3) is 0 Å². The number of amides is 2. The Morgan fingerprint density at radius 2 is 1.88 bits per heavy atom. The van der Waals surface area contributed by atoms with Crippen LogP contribution in [0.15, 0.2) is 18.2 Å². The summed E-state index contributed by atoms with van der Waals surface area (Å²) in [4.78, 5) is 26.2. The first-order valence-electron chi connectivity index (χ1n) is 8.96. The second-order valence-corrected chi connectivity index (χ2v) is 7.65. The number of carbonyl (C=O) groups excluding carboxylic acids is 2. The molecular weight excluding hydrogens is 336 g/mol. The van der Waals surface area contributed by atoms with Crippen LogP contribution in [0.3, 0.4) is 0 Å². The Hall–Kier alpha value is -2.44. The first-order chi connectivity index (χ1) is 12.3. The predicted molar refractivity (Wildman–Crippen MR) is 94.9 cm³/mol. The number of fused-ring (bicyclic) bond motifs is 1. The average Bonchev–Trinajstić information content (AvgIpc) is 3.06. The van der Waals surface area contributed by atoms with Gasteiger partial charge in [0.1, 0.15) is 5.60 Å². The van der Waals surface area contributed by atoms with Gasteiger partial charge < -0.3 is 24.4 Å². The van der Waals surface area contributed by atoms with Gasteiger partial charge in [-0.15, -0.1) is 0 Å². The summed E-state index contributed by atoms with van der Waals surface area (Å²) in [7, 11) is 0. The second-order valence-electron chi connectivity index (χ2n) is 7.65. The Balaban J connectivity index is 1.44. The number of nitrogens with one attached hydrogen (secondary N) is 1. The molecule has 0 spiro atoms. The zero-order valence-corrected chi connectivity index (χ0v) is 15.5. The van der Waals surface area contributed by atoms with Crippen molar-refractivity contribution < 1.29 is 23.8 Å². The van der Waals surface area contributed by atoms with Crippen LogP contribution >= 0.6 is 0 Å². The fraction of sp³-hybridized carbons (Fsp3) is 0.579. The Morgan fingerprint density at radius 3 is 2.58 bits per heavy atom. The van der Waals surface area contributed by atoms with E-state index in [1.807, 2.05) is 39.0 Å². The number of hydrogen-bond acceptors (Lipinski definition) is 5. The molecule has 2 amide bonds. The quantitative estimate of drug-likeness (QED) is 0.895. The van der Waals surface area contributed by atoms with Gasteiger partial charge in [-0.2, -0.15) is 0 Å². The van der Waals surface area contributed by atoms with Crippen molar-refractivity contribution in [2.24, 2.45) is 5.92 Å². The Bertz CT molecular complexity index is 675. The van der Waals surface area contributed by atoms with Crippen molar-refractivity contribution in [1.82, 2.24) is 10.2 Å². The monoisotopic (exact) mass is 362 g/mol. The molecule has 0 bridgehead atoms. The lowest BCUT2D eigenvalue weighted by molar-refractivity contribution is -0.126. The van der Waals surface area contributed by atoms with Crippen molar-refractivity contribution in [2.45, 2.75) is 45.8 Å². The van der Waals surface area contributed by atoms with Gasteiger partial charge in [-0.3, -0.25) is 4.79 Å². The van der Waals surface area contributed by atoms with E-state index in [9.17, 15) is 9.59 Å². The third kappa shape index (κ3) is 4.59. The largest absolute Gasteiger partial charge is 0.454 e. The summed E-state index contributed by atoms with van der Waals surface area (Å²) in [6.45, 7) is 7.31. The van der Waals surface area contributed by atoms with Crippen LogP contribution in [0.1, 0.15) is 39.2 Å². The third-order valence-electron chi connectivity index (χ3n) is 4.42. The first kappa shape index (κ1) is 18.4. The fourth-order valence-corrected chi connectivity index (χ4v) is 3.04. The Labute approximate surface area is 153 Å². The van der Waals surface area contributed by atoms with E-state index in [1.165, 1.54) is 0 Å². The van der Waals surface area contributed by atoms with Crippen molar-refractivity contribution in [1.29, 1.82) is 0 Å². The molecule has 7 heteroatoms. The summed E-state index contributed by atoms with van der Waals surface area (Å²) in [6.07, 6.45) is 0.982. The van der Waals surface area contributed by atoms with Gasteiger partial charge in [0.15, 0.2) is 11.5 Å². The average molecular weight is 362 g/mol. The second kappa shape index (κ2) is 7.43. The van der Waals surface area contributed by atoms with Gasteiger partial charge in [0.05, 0.1) is 0 Å². The predicted octanol–water partition coefficient (Wildman–Crippen LogP) is 2.68. The normalized spacial score (nSPS) is 17.1. The minimum atomic E-state index is -0.504. The summed E-state index contributed by atoms with van der Waals surface area (Å²) in [6, 6.07) is 5.65. The van der Waals surface area contributed by atoms with Crippen LogP contribution in [-0.4, -0.2) is 42.4 Å². The zero-order chi connectivity index (χ0) is 18.7. The maximum atomic E-state index is 12.4. The summed E-state index contributed by atoms with van der Waals surface area (Å²) in [5.41, 5.74) is 0.462. The number of rotatable bonds is 3. The van der Waals surface area contributed by atoms with E-state index < -0.39 is 5.60 Å². The SMILES string of the molecule is CC(C)(C)OC(=O)N1CCC(C(=O)NCc2ccc3c(c2)OCO3)CC1. The van der Waals surface area contributed by atoms with E-state index in [1.54, 1.807) is 4.90 Å². The van der Waals surface area contributed by atoms with E-state index in [0.29, 0.717) is 38.2 Å². The van der Waals surface area contributed by atoms with Gasteiger partial charge in [0.2, 0.25) is 12.7 Å². The van der Waals surface area contributed by atoms with Crippen LogP contribution in [0.5, 0.6) is 11.5 Å². The maximum absolute atomic E-state index is 12.4. The highest BCUT2D eigenvalue weighted by Crippen LogP contribution is 2.32. The van der Waals surface area contributed by atoms with Crippen LogP contribution in [0.25, 0.3) is 0 Å². The van der Waals surface area contributed by atoms with Gasteiger partial charge >= 0.3 is 6.09 Å². The van der Waals surface area contributed by atoms with E-state index in [-0.39, 0.29) is 24.7 Å².